The van der Waals surface area contributed by atoms with Gasteiger partial charge in [0.2, 0.25) is 5.91 Å². The maximum Gasteiger partial charge on any atom is 0.262 e. The Morgan fingerprint density at radius 3 is 2.82 bits per heavy atom. The number of nitrogens with one attached hydrogen (secondary N) is 2. The number of hydrogen-bond acceptors (Lipinski definition) is 5. The molecule has 1 fully saturated rings. The molecule has 0 unspecified atom stereocenters. The zero-order chi connectivity index (χ0) is 20.1. The topological polar surface area (TPSA) is 93.5 Å². The van der Waals surface area contributed by atoms with Gasteiger partial charge in [-0.1, -0.05) is 32.0 Å². The number of benzene rings is 1. The van der Waals surface area contributed by atoms with Crippen molar-refractivity contribution in [3.63, 3.8) is 0 Å². The molecule has 0 radical (unpaired) electrons. The third kappa shape index (κ3) is 5.10. The van der Waals surface area contributed by atoms with Crippen LogP contribution in [-0.4, -0.2) is 43.7 Å². The maximum atomic E-state index is 12.8. The number of carbonyl (C=O) groups excluding carboxylic acids is 2. The summed E-state index contributed by atoms with van der Waals surface area (Å²) in [7, 11) is 0. The minimum Gasteiger partial charge on any atom is -0.377 e. The zero-order valence-electron chi connectivity index (χ0n) is 16.4. The van der Waals surface area contributed by atoms with Crippen molar-refractivity contribution < 1.29 is 14.3 Å². The summed E-state index contributed by atoms with van der Waals surface area (Å²) >= 11 is 1.44. The van der Waals surface area contributed by atoms with E-state index in [9.17, 15) is 9.59 Å². The van der Waals surface area contributed by atoms with Crippen LogP contribution in [-0.2, 0) is 9.53 Å². The Hall–Kier alpha value is -1.96. The van der Waals surface area contributed by atoms with Crippen molar-refractivity contribution in [2.45, 2.75) is 38.8 Å². The molecule has 0 bridgehead atoms. The SMILES string of the molecule is CC(C)C[C@H](NC(=O)c1cc2ccccc2s1)C(=O)NC[C@H]1CCO[C@@H]1CN. The molecule has 1 aromatic carbocycles. The van der Waals surface area contributed by atoms with Crippen molar-refractivity contribution >= 4 is 33.2 Å². The Labute approximate surface area is 169 Å². The van der Waals surface area contributed by atoms with Gasteiger partial charge in [0, 0.05) is 30.3 Å². The van der Waals surface area contributed by atoms with Crippen LogP contribution in [0.2, 0.25) is 0 Å². The summed E-state index contributed by atoms with van der Waals surface area (Å²) in [5, 5.41) is 6.96. The largest absolute Gasteiger partial charge is 0.377 e. The van der Waals surface area contributed by atoms with E-state index in [-0.39, 0.29) is 29.8 Å². The van der Waals surface area contributed by atoms with Gasteiger partial charge in [0.25, 0.3) is 5.91 Å². The van der Waals surface area contributed by atoms with Crippen LogP contribution in [0.25, 0.3) is 10.1 Å². The van der Waals surface area contributed by atoms with Crippen LogP contribution >= 0.6 is 11.3 Å². The van der Waals surface area contributed by atoms with Crippen LogP contribution in [0.4, 0.5) is 0 Å². The molecule has 3 rings (SSSR count). The van der Waals surface area contributed by atoms with Crippen molar-refractivity contribution in [2.75, 3.05) is 19.7 Å². The van der Waals surface area contributed by atoms with E-state index in [2.05, 4.69) is 10.6 Å². The number of thiophene rings is 1. The predicted molar refractivity (Wildman–Crippen MR) is 112 cm³/mol. The van der Waals surface area contributed by atoms with Gasteiger partial charge in [-0.25, -0.2) is 0 Å². The van der Waals surface area contributed by atoms with Gasteiger partial charge in [0.15, 0.2) is 0 Å². The fourth-order valence-corrected chi connectivity index (χ4v) is 4.53. The molecule has 0 saturated carbocycles. The Balaban J connectivity index is 1.63. The number of carbonyl (C=O) groups is 2. The van der Waals surface area contributed by atoms with Gasteiger partial charge >= 0.3 is 0 Å². The van der Waals surface area contributed by atoms with E-state index in [0.717, 1.165) is 16.5 Å². The first-order valence-electron chi connectivity index (χ1n) is 9.86. The molecular formula is C21H29N3O3S. The molecule has 1 saturated heterocycles. The number of ether oxygens (including phenoxy) is 1. The van der Waals surface area contributed by atoms with Crippen LogP contribution in [0.3, 0.4) is 0 Å². The summed E-state index contributed by atoms with van der Waals surface area (Å²) in [5.74, 6) is 0.161. The molecule has 2 aromatic rings. The minimum atomic E-state index is -0.559. The summed E-state index contributed by atoms with van der Waals surface area (Å²) in [5.41, 5.74) is 5.72. The first-order chi connectivity index (χ1) is 13.5. The molecule has 7 heteroatoms. The summed E-state index contributed by atoms with van der Waals surface area (Å²) in [6.45, 7) is 5.75. The highest BCUT2D eigenvalue weighted by molar-refractivity contribution is 7.20. The zero-order valence-corrected chi connectivity index (χ0v) is 17.3. The van der Waals surface area contributed by atoms with Gasteiger partial charge in [-0.05, 0) is 36.3 Å². The van der Waals surface area contributed by atoms with E-state index in [1.54, 1.807) is 0 Å². The number of nitrogens with two attached hydrogens (primary N) is 1. The highest BCUT2D eigenvalue weighted by Crippen LogP contribution is 2.25. The lowest BCUT2D eigenvalue weighted by Crippen LogP contribution is -2.49. The monoisotopic (exact) mass is 403 g/mol. The second kappa shape index (κ2) is 9.49. The molecular weight excluding hydrogens is 374 g/mol. The quantitative estimate of drug-likeness (QED) is 0.631. The number of rotatable bonds is 8. The fraction of sp³-hybridized carbons (Fsp3) is 0.524. The van der Waals surface area contributed by atoms with Gasteiger partial charge in [-0.15, -0.1) is 11.3 Å². The van der Waals surface area contributed by atoms with Gasteiger partial charge in [-0.3, -0.25) is 9.59 Å². The maximum absolute atomic E-state index is 12.8. The standard InChI is InChI=1S/C21H29N3O3S/c1-13(2)9-16(20(25)23-12-15-7-8-27-17(15)11-22)24-21(26)19-10-14-5-3-4-6-18(14)28-19/h3-6,10,13,15-17H,7-9,11-12,22H2,1-2H3,(H,23,25)(H,24,26)/t15-,16+,17-/m1/s1. The normalized spacial score (nSPS) is 20.4. The number of amides is 2. The van der Waals surface area contributed by atoms with E-state index in [1.807, 2.05) is 44.2 Å². The van der Waals surface area contributed by atoms with E-state index in [4.69, 9.17) is 10.5 Å². The first kappa shape index (κ1) is 20.8. The van der Waals surface area contributed by atoms with Crippen LogP contribution in [0, 0.1) is 11.8 Å². The molecule has 1 aliphatic rings. The van der Waals surface area contributed by atoms with E-state index < -0.39 is 6.04 Å². The lowest BCUT2D eigenvalue weighted by molar-refractivity contribution is -0.123. The highest BCUT2D eigenvalue weighted by Gasteiger charge is 2.29. The smallest absolute Gasteiger partial charge is 0.262 e. The fourth-order valence-electron chi connectivity index (χ4n) is 3.57. The van der Waals surface area contributed by atoms with Gasteiger partial charge in [-0.2, -0.15) is 0 Å². The molecule has 1 aromatic heterocycles. The van der Waals surface area contributed by atoms with E-state index >= 15 is 0 Å². The minimum absolute atomic E-state index is 0.00279. The van der Waals surface area contributed by atoms with Crippen LogP contribution in [0.15, 0.2) is 30.3 Å². The van der Waals surface area contributed by atoms with Crippen molar-refractivity contribution in [1.29, 1.82) is 0 Å². The Kier molecular flexibility index (Phi) is 7.04. The predicted octanol–water partition coefficient (Wildman–Crippen LogP) is 2.53. The molecule has 4 N–H and O–H groups in total. The van der Waals surface area contributed by atoms with Crippen LogP contribution < -0.4 is 16.4 Å². The summed E-state index contributed by atoms with van der Waals surface area (Å²) in [6, 6.07) is 9.20. The van der Waals surface area contributed by atoms with Gasteiger partial charge in [0.05, 0.1) is 11.0 Å². The molecule has 152 valence electrons. The van der Waals surface area contributed by atoms with Gasteiger partial charge in [0.1, 0.15) is 6.04 Å². The van der Waals surface area contributed by atoms with Crippen molar-refractivity contribution in [3.8, 4) is 0 Å². The van der Waals surface area contributed by atoms with Crippen molar-refractivity contribution in [2.24, 2.45) is 17.6 Å². The third-order valence-electron chi connectivity index (χ3n) is 5.10. The molecule has 0 aliphatic carbocycles. The summed E-state index contributed by atoms with van der Waals surface area (Å²) in [6.07, 6.45) is 1.48. The van der Waals surface area contributed by atoms with E-state index in [0.29, 0.717) is 31.0 Å². The van der Waals surface area contributed by atoms with Crippen LogP contribution in [0.1, 0.15) is 36.4 Å². The second-order valence-electron chi connectivity index (χ2n) is 7.74. The highest BCUT2D eigenvalue weighted by atomic mass is 32.1. The summed E-state index contributed by atoms with van der Waals surface area (Å²) in [4.78, 5) is 26.1. The molecule has 28 heavy (non-hydrogen) atoms. The Morgan fingerprint density at radius 2 is 2.11 bits per heavy atom. The molecule has 3 atom stereocenters. The lowest BCUT2D eigenvalue weighted by Gasteiger charge is -2.22. The Morgan fingerprint density at radius 1 is 1.32 bits per heavy atom. The first-order valence-corrected chi connectivity index (χ1v) is 10.7. The Bertz CT molecular complexity index is 787. The number of fused-ring (bicyclic) bond motifs is 1. The molecule has 1 aliphatic heterocycles. The second-order valence-corrected chi connectivity index (χ2v) is 8.83. The number of hydrogen-bond donors (Lipinski definition) is 3. The summed E-state index contributed by atoms with van der Waals surface area (Å²) < 4.78 is 6.64. The molecule has 2 heterocycles. The van der Waals surface area contributed by atoms with E-state index in [1.165, 1.54) is 11.3 Å². The molecule has 0 spiro atoms. The van der Waals surface area contributed by atoms with Crippen molar-refractivity contribution in [1.82, 2.24) is 10.6 Å². The molecule has 6 nitrogen and oxygen atoms in total. The average molecular weight is 404 g/mol. The average Bonchev–Trinajstić information content (AvgIpc) is 3.31. The third-order valence-corrected chi connectivity index (χ3v) is 6.21. The van der Waals surface area contributed by atoms with Crippen molar-refractivity contribution in [3.05, 3.63) is 35.2 Å². The molecule has 2 amide bonds. The van der Waals surface area contributed by atoms with Crippen LogP contribution in [0.5, 0.6) is 0 Å². The van der Waals surface area contributed by atoms with Gasteiger partial charge < -0.3 is 21.1 Å². The lowest BCUT2D eigenvalue weighted by atomic mass is 10.00.